The van der Waals surface area contributed by atoms with Crippen molar-refractivity contribution in [1.82, 2.24) is 0 Å². The van der Waals surface area contributed by atoms with Crippen LogP contribution in [0.15, 0.2) is 23.1 Å². The van der Waals surface area contributed by atoms with Crippen LogP contribution in [-0.4, -0.2) is 40.9 Å². The minimum atomic E-state index is -4.28. The number of fused-ring (bicyclic) bond motifs is 1. The normalized spacial score (nSPS) is 20.3. The Morgan fingerprint density at radius 1 is 1.33 bits per heavy atom. The van der Waals surface area contributed by atoms with E-state index in [-0.39, 0.29) is 11.3 Å². The second-order valence-corrected chi connectivity index (χ2v) is 7.89. The predicted octanol–water partition coefficient (Wildman–Crippen LogP) is 2.97. The molecular weight excluding hydrogens is 330 g/mol. The fourth-order valence-electron chi connectivity index (χ4n) is 3.45. The third kappa shape index (κ3) is 3.37. The summed E-state index contributed by atoms with van der Waals surface area (Å²) in [5.74, 6) is -0.841. The minimum absolute atomic E-state index is 0.0734. The first-order chi connectivity index (χ1) is 11.1. The second-order valence-electron chi connectivity index (χ2n) is 6.47. The summed E-state index contributed by atoms with van der Waals surface area (Å²) in [6.07, 6.45) is 2.11. The summed E-state index contributed by atoms with van der Waals surface area (Å²) in [4.78, 5) is 10.7. The van der Waals surface area contributed by atoms with Gasteiger partial charge in [-0.15, -0.1) is 0 Å². The molecule has 0 aliphatic carbocycles. The smallest absolute Gasteiger partial charge is 0.303 e. The predicted molar refractivity (Wildman–Crippen MR) is 90.9 cm³/mol. The van der Waals surface area contributed by atoms with Crippen molar-refractivity contribution in [1.29, 1.82) is 0 Å². The maximum absolute atomic E-state index is 11.5. The van der Waals surface area contributed by atoms with Gasteiger partial charge in [-0.25, -0.2) is 0 Å². The van der Waals surface area contributed by atoms with E-state index in [1.54, 1.807) is 6.07 Å². The first kappa shape index (κ1) is 18.6. The molecule has 2 N–H and O–H groups in total. The largest absolute Gasteiger partial charge is 0.481 e. The lowest BCUT2D eigenvalue weighted by Gasteiger charge is -2.22. The van der Waals surface area contributed by atoms with Crippen LogP contribution in [0.25, 0.3) is 0 Å². The third-order valence-corrected chi connectivity index (χ3v) is 5.72. The molecule has 0 bridgehead atoms. The summed E-state index contributed by atoms with van der Waals surface area (Å²) in [5, 5.41) is 8.89. The van der Waals surface area contributed by atoms with Crippen molar-refractivity contribution in [2.75, 3.05) is 6.54 Å². The van der Waals surface area contributed by atoms with E-state index in [4.69, 9.17) is 5.11 Å². The molecule has 1 heterocycles. The van der Waals surface area contributed by atoms with E-state index in [0.29, 0.717) is 12.8 Å². The molecule has 2 rings (SSSR count). The molecule has 0 unspecified atom stereocenters. The zero-order valence-electron chi connectivity index (χ0n) is 14.2. The Morgan fingerprint density at radius 3 is 2.54 bits per heavy atom. The highest BCUT2D eigenvalue weighted by molar-refractivity contribution is 7.85. The lowest BCUT2D eigenvalue weighted by atomic mass is 9.76. The van der Waals surface area contributed by atoms with Gasteiger partial charge in [0.05, 0.1) is 10.3 Å². The van der Waals surface area contributed by atoms with E-state index in [0.717, 1.165) is 29.9 Å². The van der Waals surface area contributed by atoms with Crippen molar-refractivity contribution in [3.8, 4) is 0 Å². The van der Waals surface area contributed by atoms with Crippen LogP contribution in [0.5, 0.6) is 0 Å². The van der Waals surface area contributed by atoms with Crippen LogP contribution in [0.4, 0.5) is 5.69 Å². The molecule has 1 atom stereocenters. The van der Waals surface area contributed by atoms with Gasteiger partial charge >= 0.3 is 5.97 Å². The van der Waals surface area contributed by atoms with Gasteiger partial charge in [0.2, 0.25) is 5.69 Å². The number of aliphatic carboxylic acids is 1. The zero-order valence-corrected chi connectivity index (χ0v) is 15.1. The van der Waals surface area contributed by atoms with Gasteiger partial charge in [0.15, 0.2) is 5.71 Å². The number of benzene rings is 1. The van der Waals surface area contributed by atoms with Crippen molar-refractivity contribution in [2.45, 2.75) is 56.8 Å². The molecule has 0 saturated carbocycles. The summed E-state index contributed by atoms with van der Waals surface area (Å²) < 4.78 is 34.5. The van der Waals surface area contributed by atoms with Crippen LogP contribution in [0.1, 0.15) is 52.0 Å². The highest BCUT2D eigenvalue weighted by Crippen LogP contribution is 2.43. The van der Waals surface area contributed by atoms with Gasteiger partial charge in [-0.2, -0.15) is 13.0 Å². The number of hydrogen-bond acceptors (Lipinski definition) is 3. The molecule has 1 aliphatic heterocycles. The maximum Gasteiger partial charge on any atom is 0.303 e. The molecule has 1 aromatic rings. The van der Waals surface area contributed by atoms with E-state index < -0.39 is 21.5 Å². The number of hydrogen-bond donors (Lipinski definition) is 2. The van der Waals surface area contributed by atoms with Crippen molar-refractivity contribution in [3.63, 3.8) is 0 Å². The number of carboxylic acid groups (broad SMARTS) is 1. The summed E-state index contributed by atoms with van der Waals surface area (Å²) in [5.41, 5.74) is 2.39. The molecular formula is C17H24NO5S+. The van der Waals surface area contributed by atoms with Crippen LogP contribution >= 0.6 is 0 Å². The maximum atomic E-state index is 11.5. The Hall–Kier alpha value is -1.73. The van der Waals surface area contributed by atoms with Gasteiger partial charge in [0.1, 0.15) is 6.54 Å². The van der Waals surface area contributed by atoms with Crippen LogP contribution < -0.4 is 0 Å². The zero-order chi connectivity index (χ0) is 18.1. The van der Waals surface area contributed by atoms with E-state index in [1.165, 1.54) is 12.1 Å². The third-order valence-electron chi connectivity index (χ3n) is 4.87. The Balaban J connectivity index is 2.53. The van der Waals surface area contributed by atoms with Crippen LogP contribution in [-0.2, 0) is 20.3 Å². The standard InChI is InChI=1S/C17H23NO5S/c1-4-10-18-12(2)17(3,9-5-6-16(19)20)14-11-13(24(21,22)23)7-8-15(14)18/h7-8,11H,4-6,9-10H2,1-3H3,(H-,19,20,21,22,23)/p+1/t17-/m0/s1. The molecule has 0 radical (unpaired) electrons. The molecule has 1 aliphatic rings. The number of nitrogens with zero attached hydrogens (tertiary/aromatic N) is 1. The highest BCUT2D eigenvalue weighted by Gasteiger charge is 2.46. The Bertz CT molecular complexity index is 797. The highest BCUT2D eigenvalue weighted by atomic mass is 32.2. The average Bonchev–Trinajstić information content (AvgIpc) is 2.68. The molecule has 6 nitrogen and oxygen atoms in total. The Labute approximate surface area is 142 Å². The van der Waals surface area contributed by atoms with Gasteiger partial charge in [-0.3, -0.25) is 9.35 Å². The number of rotatable bonds is 7. The van der Waals surface area contributed by atoms with Gasteiger partial charge in [-0.1, -0.05) is 6.92 Å². The topological polar surface area (TPSA) is 94.7 Å². The van der Waals surface area contributed by atoms with E-state index in [9.17, 15) is 17.8 Å². The van der Waals surface area contributed by atoms with Crippen LogP contribution in [0.3, 0.4) is 0 Å². The van der Waals surface area contributed by atoms with Crippen LogP contribution in [0.2, 0.25) is 0 Å². The SMILES string of the molecule is CCC[N+]1=C(C)[C@](C)(CCCC(=O)O)c2cc(S(=O)(=O)O)ccc21. The fourth-order valence-corrected chi connectivity index (χ4v) is 3.95. The van der Waals surface area contributed by atoms with Crippen molar-refractivity contribution >= 4 is 27.5 Å². The Kier molecular flexibility index (Phi) is 5.15. The van der Waals surface area contributed by atoms with Gasteiger partial charge in [-0.05, 0) is 31.9 Å². The molecule has 0 fully saturated rings. The molecule has 0 amide bonds. The molecule has 0 spiro atoms. The fraction of sp³-hybridized carbons (Fsp3) is 0.529. The quantitative estimate of drug-likeness (QED) is 0.580. The second kappa shape index (κ2) is 6.64. The first-order valence-corrected chi connectivity index (χ1v) is 9.50. The van der Waals surface area contributed by atoms with Crippen molar-refractivity contribution < 1.29 is 27.4 Å². The van der Waals surface area contributed by atoms with Crippen molar-refractivity contribution in [2.24, 2.45) is 0 Å². The van der Waals surface area contributed by atoms with E-state index >= 15 is 0 Å². The number of carbonyl (C=O) groups is 1. The lowest BCUT2D eigenvalue weighted by Crippen LogP contribution is -2.30. The van der Waals surface area contributed by atoms with Gasteiger partial charge < -0.3 is 5.11 Å². The molecule has 24 heavy (non-hydrogen) atoms. The molecule has 0 aromatic heterocycles. The summed E-state index contributed by atoms with van der Waals surface area (Å²) in [6.45, 7) is 6.88. The monoisotopic (exact) mass is 354 g/mol. The van der Waals surface area contributed by atoms with Gasteiger partial charge in [0.25, 0.3) is 10.1 Å². The molecule has 0 saturated heterocycles. The van der Waals surface area contributed by atoms with Crippen molar-refractivity contribution in [3.05, 3.63) is 23.8 Å². The molecule has 7 heteroatoms. The summed E-state index contributed by atoms with van der Waals surface area (Å²) >= 11 is 0. The summed E-state index contributed by atoms with van der Waals surface area (Å²) in [6, 6.07) is 4.65. The number of carboxylic acids is 1. The van der Waals surface area contributed by atoms with Gasteiger partial charge in [0, 0.05) is 31.4 Å². The lowest BCUT2D eigenvalue weighted by molar-refractivity contribution is -0.439. The first-order valence-electron chi connectivity index (χ1n) is 8.06. The molecule has 132 valence electrons. The summed E-state index contributed by atoms with van der Waals surface area (Å²) in [7, 11) is -4.28. The van der Waals surface area contributed by atoms with E-state index in [2.05, 4.69) is 11.5 Å². The van der Waals surface area contributed by atoms with E-state index in [1.807, 2.05) is 13.8 Å². The van der Waals surface area contributed by atoms with Crippen LogP contribution in [0, 0.1) is 0 Å². The average molecular weight is 354 g/mol. The molecule has 1 aromatic carbocycles. The Morgan fingerprint density at radius 2 is 2.00 bits per heavy atom. The minimum Gasteiger partial charge on any atom is -0.481 e.